The lowest BCUT2D eigenvalue weighted by molar-refractivity contribution is 0.0999. The van der Waals surface area contributed by atoms with E-state index in [0.717, 1.165) is 32.7 Å². The summed E-state index contributed by atoms with van der Waals surface area (Å²) < 4.78 is 8.31. The van der Waals surface area contributed by atoms with Gasteiger partial charge in [0.05, 0.1) is 12.7 Å². The molecule has 0 aliphatic carbocycles. The van der Waals surface area contributed by atoms with Crippen LogP contribution in [-0.2, 0) is 6.54 Å². The Bertz CT molecular complexity index is 914. The maximum absolute atomic E-state index is 11.8. The normalized spacial score (nSPS) is 10.7. The third kappa shape index (κ3) is 3.61. The number of aromatic nitrogens is 1. The highest BCUT2D eigenvalue weighted by atomic mass is 79.9. The van der Waals surface area contributed by atoms with E-state index in [1.807, 2.05) is 61.5 Å². The fourth-order valence-corrected chi connectivity index (χ4v) is 3.30. The summed E-state index contributed by atoms with van der Waals surface area (Å²) in [5, 5.41) is 0. The summed E-state index contributed by atoms with van der Waals surface area (Å²) in [4.78, 5) is 11.8. The van der Waals surface area contributed by atoms with Crippen LogP contribution in [0.3, 0.4) is 0 Å². The zero-order valence-corrected chi connectivity index (χ0v) is 15.7. The van der Waals surface area contributed by atoms with E-state index in [4.69, 9.17) is 10.5 Å². The number of methoxy groups -OCH3 is 1. The smallest absolute Gasteiger partial charge is 0.250 e. The molecule has 0 unspecified atom stereocenters. The van der Waals surface area contributed by atoms with Crippen LogP contribution in [0.1, 0.15) is 21.6 Å². The maximum Gasteiger partial charge on any atom is 0.250 e. The number of rotatable bonds is 5. The Hall–Kier alpha value is -2.53. The van der Waals surface area contributed by atoms with E-state index in [-0.39, 0.29) is 0 Å². The van der Waals surface area contributed by atoms with E-state index in [1.54, 1.807) is 7.11 Å². The molecule has 0 aliphatic heterocycles. The van der Waals surface area contributed by atoms with E-state index < -0.39 is 5.91 Å². The summed E-state index contributed by atoms with van der Waals surface area (Å²) in [7, 11) is 1.65. The number of ether oxygens (including phenoxy) is 1. The summed E-state index contributed by atoms with van der Waals surface area (Å²) in [6.07, 6.45) is 0. The van der Waals surface area contributed by atoms with Gasteiger partial charge in [-0.3, -0.25) is 4.79 Å². The van der Waals surface area contributed by atoms with Gasteiger partial charge in [0.2, 0.25) is 0 Å². The SMILES string of the molecule is COc1ccc(Cn2c(-c3cccc(Br)c3)cc(C(N)=O)c2C)cc1. The van der Waals surface area contributed by atoms with Gasteiger partial charge in [0.1, 0.15) is 5.75 Å². The average molecular weight is 399 g/mol. The van der Waals surface area contributed by atoms with Crippen LogP contribution in [-0.4, -0.2) is 17.6 Å². The number of nitrogens with two attached hydrogens (primary N) is 1. The fraction of sp³-hybridized carbons (Fsp3) is 0.150. The van der Waals surface area contributed by atoms with Gasteiger partial charge in [-0.15, -0.1) is 0 Å². The van der Waals surface area contributed by atoms with E-state index in [0.29, 0.717) is 12.1 Å². The van der Waals surface area contributed by atoms with E-state index >= 15 is 0 Å². The lowest BCUT2D eigenvalue weighted by atomic mass is 10.1. The van der Waals surface area contributed by atoms with Gasteiger partial charge in [-0.1, -0.05) is 40.2 Å². The van der Waals surface area contributed by atoms with E-state index in [9.17, 15) is 4.79 Å². The van der Waals surface area contributed by atoms with Crippen molar-refractivity contribution in [1.82, 2.24) is 4.57 Å². The van der Waals surface area contributed by atoms with Crippen molar-refractivity contribution in [2.75, 3.05) is 7.11 Å². The molecule has 0 saturated heterocycles. The monoisotopic (exact) mass is 398 g/mol. The predicted molar refractivity (Wildman–Crippen MR) is 103 cm³/mol. The topological polar surface area (TPSA) is 57.2 Å². The minimum absolute atomic E-state index is 0.415. The molecule has 2 aromatic carbocycles. The number of carbonyl (C=O) groups excluding carboxylic acids is 1. The number of hydrogen-bond donors (Lipinski definition) is 1. The summed E-state index contributed by atoms with van der Waals surface area (Å²) in [5.74, 6) is 0.403. The van der Waals surface area contributed by atoms with Crippen molar-refractivity contribution < 1.29 is 9.53 Å². The lowest BCUT2D eigenvalue weighted by Crippen LogP contribution is -2.12. The molecular formula is C20H19BrN2O2. The predicted octanol–water partition coefficient (Wildman–Crippen LogP) is 4.38. The molecule has 1 heterocycles. The first-order valence-electron chi connectivity index (χ1n) is 7.88. The zero-order chi connectivity index (χ0) is 18.0. The Balaban J connectivity index is 2.08. The zero-order valence-electron chi connectivity index (χ0n) is 14.1. The third-order valence-corrected chi connectivity index (χ3v) is 4.75. The minimum Gasteiger partial charge on any atom is -0.497 e. The molecule has 0 atom stereocenters. The summed E-state index contributed by atoms with van der Waals surface area (Å²) in [5.41, 5.74) is 10.1. The average Bonchev–Trinajstić information content (AvgIpc) is 2.93. The number of carbonyl (C=O) groups is 1. The van der Waals surface area contributed by atoms with Gasteiger partial charge >= 0.3 is 0 Å². The fourth-order valence-electron chi connectivity index (χ4n) is 2.90. The Morgan fingerprint density at radius 1 is 1.16 bits per heavy atom. The third-order valence-electron chi connectivity index (χ3n) is 4.25. The number of nitrogens with zero attached hydrogens (tertiary/aromatic N) is 1. The molecule has 2 N–H and O–H groups in total. The summed E-state index contributed by atoms with van der Waals surface area (Å²) >= 11 is 3.51. The minimum atomic E-state index is -0.415. The van der Waals surface area contributed by atoms with Gasteiger partial charge in [0, 0.05) is 22.4 Å². The number of halogens is 1. The van der Waals surface area contributed by atoms with Crippen LogP contribution < -0.4 is 10.5 Å². The molecule has 0 radical (unpaired) electrons. The molecule has 128 valence electrons. The van der Waals surface area contributed by atoms with Crippen LogP contribution >= 0.6 is 15.9 Å². The van der Waals surface area contributed by atoms with Crippen molar-refractivity contribution in [3.05, 3.63) is 75.9 Å². The van der Waals surface area contributed by atoms with Crippen LogP contribution in [0.2, 0.25) is 0 Å². The standard InChI is InChI=1S/C20H19BrN2O2/c1-13-18(20(22)24)11-19(15-4-3-5-16(21)10-15)23(13)12-14-6-8-17(25-2)9-7-14/h3-11H,12H2,1-2H3,(H2,22,24). The van der Waals surface area contributed by atoms with Crippen molar-refractivity contribution in [3.63, 3.8) is 0 Å². The van der Waals surface area contributed by atoms with Crippen LogP contribution in [0.25, 0.3) is 11.3 Å². The first kappa shape index (κ1) is 17.3. The van der Waals surface area contributed by atoms with E-state index in [2.05, 4.69) is 20.5 Å². The lowest BCUT2D eigenvalue weighted by Gasteiger charge is -2.13. The van der Waals surface area contributed by atoms with Crippen LogP contribution in [0, 0.1) is 6.92 Å². The van der Waals surface area contributed by atoms with Crippen molar-refractivity contribution in [2.45, 2.75) is 13.5 Å². The van der Waals surface area contributed by atoms with Crippen molar-refractivity contribution in [2.24, 2.45) is 5.73 Å². The van der Waals surface area contributed by atoms with Crippen molar-refractivity contribution in [3.8, 4) is 17.0 Å². The molecule has 1 amide bonds. The molecule has 0 fully saturated rings. The second-order valence-electron chi connectivity index (χ2n) is 5.84. The van der Waals surface area contributed by atoms with Crippen molar-refractivity contribution in [1.29, 1.82) is 0 Å². The largest absolute Gasteiger partial charge is 0.497 e. The maximum atomic E-state index is 11.8. The first-order valence-corrected chi connectivity index (χ1v) is 8.67. The van der Waals surface area contributed by atoms with Crippen molar-refractivity contribution >= 4 is 21.8 Å². The molecular weight excluding hydrogens is 380 g/mol. The Morgan fingerprint density at radius 2 is 1.88 bits per heavy atom. The Labute approximate surface area is 155 Å². The van der Waals surface area contributed by atoms with Crippen LogP contribution in [0.15, 0.2) is 59.1 Å². The highest BCUT2D eigenvalue weighted by Gasteiger charge is 2.17. The highest BCUT2D eigenvalue weighted by Crippen LogP contribution is 2.29. The summed E-state index contributed by atoms with van der Waals surface area (Å²) in [6, 6.07) is 17.8. The van der Waals surface area contributed by atoms with Crippen LogP contribution in [0.5, 0.6) is 5.75 Å². The van der Waals surface area contributed by atoms with Gasteiger partial charge in [-0.25, -0.2) is 0 Å². The molecule has 0 aliphatic rings. The van der Waals surface area contributed by atoms with Gasteiger partial charge in [-0.05, 0) is 48.4 Å². The number of hydrogen-bond acceptors (Lipinski definition) is 2. The van der Waals surface area contributed by atoms with Crippen LogP contribution in [0.4, 0.5) is 0 Å². The highest BCUT2D eigenvalue weighted by molar-refractivity contribution is 9.10. The van der Waals surface area contributed by atoms with Gasteiger partial charge in [0.25, 0.3) is 5.91 Å². The number of amides is 1. The molecule has 25 heavy (non-hydrogen) atoms. The number of benzene rings is 2. The first-order chi connectivity index (χ1) is 12.0. The van der Waals surface area contributed by atoms with Gasteiger partial charge in [0.15, 0.2) is 0 Å². The molecule has 5 heteroatoms. The quantitative estimate of drug-likeness (QED) is 0.692. The van der Waals surface area contributed by atoms with E-state index in [1.165, 1.54) is 0 Å². The molecule has 0 saturated carbocycles. The molecule has 0 spiro atoms. The molecule has 0 bridgehead atoms. The molecule has 3 rings (SSSR count). The Morgan fingerprint density at radius 3 is 2.48 bits per heavy atom. The van der Waals surface area contributed by atoms with Gasteiger partial charge < -0.3 is 15.0 Å². The van der Waals surface area contributed by atoms with Gasteiger partial charge in [-0.2, -0.15) is 0 Å². The number of primary amides is 1. The second kappa shape index (κ2) is 7.15. The molecule has 3 aromatic rings. The summed E-state index contributed by atoms with van der Waals surface area (Å²) in [6.45, 7) is 2.57. The Kier molecular flexibility index (Phi) is 4.95. The molecule has 1 aromatic heterocycles. The second-order valence-corrected chi connectivity index (χ2v) is 6.75. The molecule has 4 nitrogen and oxygen atoms in total.